The Morgan fingerprint density at radius 3 is 2.89 bits per heavy atom. The third kappa shape index (κ3) is 2.01. The summed E-state index contributed by atoms with van der Waals surface area (Å²) in [4.78, 5) is 10.8. The summed E-state index contributed by atoms with van der Waals surface area (Å²) >= 11 is 0. The smallest absolute Gasteiger partial charge is 0.338 e. The van der Waals surface area contributed by atoms with Crippen molar-refractivity contribution >= 4 is 5.97 Å². The number of hydrogen-bond acceptors (Lipinski definition) is 4. The van der Waals surface area contributed by atoms with E-state index in [1.165, 1.54) is 24.2 Å². The molecule has 18 heavy (non-hydrogen) atoms. The van der Waals surface area contributed by atoms with E-state index in [0.717, 1.165) is 0 Å². The van der Waals surface area contributed by atoms with Gasteiger partial charge in [0.15, 0.2) is 0 Å². The molecule has 0 atom stereocenters. The summed E-state index contributed by atoms with van der Waals surface area (Å²) in [5.74, 6) is -0.594. The number of aromatic carboxylic acids is 1. The van der Waals surface area contributed by atoms with Crippen LogP contribution in [-0.2, 0) is 0 Å². The highest BCUT2D eigenvalue weighted by molar-refractivity contribution is 5.87. The molecule has 6 heteroatoms. The largest absolute Gasteiger partial charge is 0.494 e. The number of rotatable bonds is 3. The maximum atomic E-state index is 10.8. The van der Waals surface area contributed by atoms with Gasteiger partial charge in [0.2, 0.25) is 0 Å². The molecule has 1 heterocycles. The second-order valence-electron chi connectivity index (χ2n) is 3.48. The van der Waals surface area contributed by atoms with Crippen molar-refractivity contribution in [2.45, 2.75) is 0 Å². The number of hydrogen-bond donors (Lipinski definition) is 1. The highest BCUT2D eigenvalue weighted by atomic mass is 16.5. The lowest BCUT2D eigenvalue weighted by molar-refractivity contribution is 0.0697. The van der Waals surface area contributed by atoms with Gasteiger partial charge < -0.3 is 9.84 Å². The van der Waals surface area contributed by atoms with Crippen LogP contribution in [0.4, 0.5) is 0 Å². The topological polar surface area (TPSA) is 88.1 Å². The molecule has 2 rings (SSSR count). The van der Waals surface area contributed by atoms with Gasteiger partial charge in [-0.1, -0.05) is 0 Å². The van der Waals surface area contributed by atoms with Gasteiger partial charge >= 0.3 is 5.97 Å². The van der Waals surface area contributed by atoms with E-state index in [9.17, 15) is 4.79 Å². The summed E-state index contributed by atoms with van der Waals surface area (Å²) in [6.45, 7) is 0. The van der Waals surface area contributed by atoms with Crippen molar-refractivity contribution in [2.24, 2.45) is 0 Å². The molecule has 0 spiro atoms. The number of carboxylic acids is 1. The van der Waals surface area contributed by atoms with E-state index in [4.69, 9.17) is 15.1 Å². The van der Waals surface area contributed by atoms with Crippen LogP contribution in [0.2, 0.25) is 0 Å². The molecule has 90 valence electrons. The summed E-state index contributed by atoms with van der Waals surface area (Å²) in [5.41, 5.74) is 1.12. The van der Waals surface area contributed by atoms with Crippen LogP contribution in [0.25, 0.3) is 5.69 Å². The Balaban J connectivity index is 2.49. The minimum Gasteiger partial charge on any atom is -0.494 e. The van der Waals surface area contributed by atoms with Gasteiger partial charge in [0, 0.05) is 12.3 Å². The van der Waals surface area contributed by atoms with Gasteiger partial charge in [0.1, 0.15) is 11.4 Å². The molecule has 0 aliphatic rings. The van der Waals surface area contributed by atoms with Crippen molar-refractivity contribution in [1.82, 2.24) is 9.78 Å². The highest BCUT2D eigenvalue weighted by Crippen LogP contribution is 2.23. The van der Waals surface area contributed by atoms with Gasteiger partial charge in [-0.25, -0.2) is 9.48 Å². The molecular formula is C12H9N3O3. The average molecular weight is 243 g/mol. The Bertz CT molecular complexity index is 640. The third-order valence-corrected chi connectivity index (χ3v) is 2.39. The molecule has 0 aliphatic carbocycles. The fraction of sp³-hybridized carbons (Fsp3) is 0.0833. The quantitative estimate of drug-likeness (QED) is 0.881. The van der Waals surface area contributed by atoms with Crippen molar-refractivity contribution in [2.75, 3.05) is 7.11 Å². The first-order chi connectivity index (χ1) is 8.65. The van der Waals surface area contributed by atoms with E-state index in [2.05, 4.69) is 5.10 Å². The summed E-state index contributed by atoms with van der Waals surface area (Å²) in [5, 5.41) is 21.6. The number of benzene rings is 1. The Morgan fingerprint density at radius 2 is 2.33 bits per heavy atom. The van der Waals surface area contributed by atoms with Gasteiger partial charge in [-0.15, -0.1) is 0 Å². The monoisotopic (exact) mass is 243 g/mol. The normalized spacial score (nSPS) is 9.78. The molecule has 0 fully saturated rings. The first kappa shape index (κ1) is 11.7. The van der Waals surface area contributed by atoms with Crippen LogP contribution in [-0.4, -0.2) is 28.0 Å². The molecule has 1 aromatic carbocycles. The Hall–Kier alpha value is -2.81. The van der Waals surface area contributed by atoms with Crippen LogP contribution in [0.1, 0.15) is 15.9 Å². The van der Waals surface area contributed by atoms with Crippen molar-refractivity contribution in [3.8, 4) is 17.5 Å². The predicted octanol–water partition coefficient (Wildman–Crippen LogP) is 1.45. The maximum Gasteiger partial charge on any atom is 0.338 e. The number of carbonyl (C=O) groups is 1. The Kier molecular flexibility index (Phi) is 2.98. The van der Waals surface area contributed by atoms with E-state index in [0.29, 0.717) is 17.0 Å². The molecule has 0 aliphatic heterocycles. The van der Waals surface area contributed by atoms with E-state index < -0.39 is 5.97 Å². The minimum absolute atomic E-state index is 0.0846. The molecule has 2 aromatic rings. The van der Waals surface area contributed by atoms with E-state index in [1.54, 1.807) is 18.2 Å². The molecule has 6 nitrogen and oxygen atoms in total. The fourth-order valence-electron chi connectivity index (χ4n) is 1.50. The van der Waals surface area contributed by atoms with Crippen LogP contribution >= 0.6 is 0 Å². The van der Waals surface area contributed by atoms with Crippen LogP contribution < -0.4 is 4.74 Å². The summed E-state index contributed by atoms with van der Waals surface area (Å²) in [6, 6.07) is 6.83. The van der Waals surface area contributed by atoms with Crippen molar-refractivity contribution < 1.29 is 14.6 Å². The summed E-state index contributed by atoms with van der Waals surface area (Å²) in [7, 11) is 1.47. The number of methoxy groups -OCH3 is 1. The third-order valence-electron chi connectivity index (χ3n) is 2.39. The molecular weight excluding hydrogens is 234 g/mol. The molecule has 0 unspecified atom stereocenters. The average Bonchev–Trinajstić information content (AvgIpc) is 2.87. The van der Waals surface area contributed by atoms with E-state index in [1.807, 2.05) is 6.07 Å². The van der Waals surface area contributed by atoms with Crippen LogP contribution in [0.3, 0.4) is 0 Å². The van der Waals surface area contributed by atoms with Crippen molar-refractivity contribution in [3.63, 3.8) is 0 Å². The number of nitriles is 1. The SMILES string of the molecule is COc1cc(C#N)ccc1-n1cc(C(=O)O)cn1. The zero-order valence-electron chi connectivity index (χ0n) is 9.49. The highest BCUT2D eigenvalue weighted by Gasteiger charge is 2.11. The zero-order chi connectivity index (χ0) is 13.1. The second kappa shape index (κ2) is 4.59. The van der Waals surface area contributed by atoms with Crippen molar-refractivity contribution in [3.05, 3.63) is 41.7 Å². The number of carboxylic acid groups (broad SMARTS) is 1. The Morgan fingerprint density at radius 1 is 1.56 bits per heavy atom. The first-order valence-electron chi connectivity index (χ1n) is 5.02. The molecule has 0 saturated heterocycles. The molecule has 0 saturated carbocycles. The lowest BCUT2D eigenvalue weighted by Gasteiger charge is -2.08. The summed E-state index contributed by atoms with van der Waals surface area (Å²) < 4.78 is 6.54. The van der Waals surface area contributed by atoms with Crippen LogP contribution in [0, 0.1) is 11.3 Å². The van der Waals surface area contributed by atoms with Crippen molar-refractivity contribution in [1.29, 1.82) is 5.26 Å². The maximum absolute atomic E-state index is 10.8. The lowest BCUT2D eigenvalue weighted by atomic mass is 10.2. The standard InChI is InChI=1S/C12H9N3O3/c1-18-11-4-8(5-13)2-3-10(11)15-7-9(6-14-15)12(16)17/h2-4,6-7H,1H3,(H,16,17). The summed E-state index contributed by atoms with van der Waals surface area (Å²) in [6.07, 6.45) is 2.63. The molecule has 1 aromatic heterocycles. The van der Waals surface area contributed by atoms with Gasteiger partial charge in [-0.2, -0.15) is 10.4 Å². The van der Waals surface area contributed by atoms with Crippen LogP contribution in [0.5, 0.6) is 5.75 Å². The fourth-order valence-corrected chi connectivity index (χ4v) is 1.50. The zero-order valence-corrected chi connectivity index (χ0v) is 9.49. The van der Waals surface area contributed by atoms with Gasteiger partial charge in [0.25, 0.3) is 0 Å². The molecule has 0 bridgehead atoms. The predicted molar refractivity (Wildman–Crippen MR) is 61.8 cm³/mol. The Labute approximate surface area is 103 Å². The van der Waals surface area contributed by atoms with Gasteiger partial charge in [0.05, 0.1) is 30.5 Å². The van der Waals surface area contributed by atoms with E-state index >= 15 is 0 Å². The number of ether oxygens (including phenoxy) is 1. The van der Waals surface area contributed by atoms with E-state index in [-0.39, 0.29) is 5.56 Å². The molecule has 0 amide bonds. The van der Waals surface area contributed by atoms with Crippen LogP contribution in [0.15, 0.2) is 30.6 Å². The van der Waals surface area contributed by atoms with Gasteiger partial charge in [-0.05, 0) is 12.1 Å². The first-order valence-corrected chi connectivity index (χ1v) is 5.02. The molecule has 0 radical (unpaired) electrons. The number of nitrogens with zero attached hydrogens (tertiary/aromatic N) is 3. The second-order valence-corrected chi connectivity index (χ2v) is 3.48. The molecule has 1 N–H and O–H groups in total. The minimum atomic E-state index is -1.05. The lowest BCUT2D eigenvalue weighted by Crippen LogP contribution is -1.99. The van der Waals surface area contributed by atoms with Gasteiger partial charge in [-0.3, -0.25) is 0 Å². The number of aromatic nitrogens is 2.